The van der Waals surface area contributed by atoms with E-state index in [0.717, 1.165) is 22.5 Å². The normalized spacial score (nSPS) is 14.3. The van der Waals surface area contributed by atoms with Crippen LogP contribution in [-0.4, -0.2) is 27.6 Å². The molecule has 0 aliphatic carbocycles. The zero-order valence-corrected chi connectivity index (χ0v) is 25.7. The van der Waals surface area contributed by atoms with Crippen LogP contribution >= 0.6 is 0 Å². The third kappa shape index (κ3) is 4.29. The second-order valence-electron chi connectivity index (χ2n) is 12.8. The molecule has 46 heavy (non-hydrogen) atoms. The van der Waals surface area contributed by atoms with Crippen molar-refractivity contribution in [2.24, 2.45) is 4.99 Å². The first-order valence-electron chi connectivity index (χ1n) is 15.8. The summed E-state index contributed by atoms with van der Waals surface area (Å²) < 4.78 is 8.29. The highest BCUT2D eigenvalue weighted by molar-refractivity contribution is 6.24. The van der Waals surface area contributed by atoms with Crippen molar-refractivity contribution >= 4 is 49.2 Å². The van der Waals surface area contributed by atoms with E-state index in [1.807, 2.05) is 12.3 Å². The van der Waals surface area contributed by atoms with Crippen molar-refractivity contribution in [3.63, 3.8) is 0 Å². The highest BCUT2D eigenvalue weighted by Crippen LogP contribution is 2.42. The molecule has 0 bridgehead atoms. The number of ether oxygens (including phenoxy) is 1. The number of nitrogens with zero attached hydrogens (tertiary/aromatic N) is 3. The largest absolute Gasteiger partial charge is 0.474 e. The molecule has 0 N–H and O–H groups in total. The average Bonchev–Trinajstić information content (AvgIpc) is 3.64. The van der Waals surface area contributed by atoms with Crippen molar-refractivity contribution in [1.82, 2.24) is 9.55 Å². The predicted octanol–water partition coefficient (Wildman–Crippen LogP) is 10.4. The van der Waals surface area contributed by atoms with Gasteiger partial charge in [-0.05, 0) is 88.5 Å². The fourth-order valence-electron chi connectivity index (χ4n) is 6.92. The molecule has 1 aliphatic rings. The molecule has 8 aromatic rings. The van der Waals surface area contributed by atoms with E-state index in [2.05, 4.69) is 146 Å². The Balaban J connectivity index is 1.29. The number of hydrogen-bond acceptors (Lipinski definition) is 3. The SMILES string of the molecule is CC1(C)COC(c2ccc(-c3cc4c(c5ccccc35)c3ccc(-c5ccc6ccccc6c5)cc3n4-c3ccccc3)cn2)=N1. The summed E-state index contributed by atoms with van der Waals surface area (Å²) in [5.74, 6) is 0.614. The molecule has 0 fully saturated rings. The molecule has 0 saturated heterocycles. The van der Waals surface area contributed by atoms with Crippen LogP contribution < -0.4 is 0 Å². The Morgan fingerprint density at radius 3 is 2.11 bits per heavy atom. The molecular formula is C42H31N3O. The molecule has 9 rings (SSSR count). The Bertz CT molecular complexity index is 2490. The van der Waals surface area contributed by atoms with Crippen LogP contribution in [0.1, 0.15) is 19.5 Å². The van der Waals surface area contributed by atoms with Gasteiger partial charge in [-0.15, -0.1) is 0 Å². The zero-order chi connectivity index (χ0) is 30.8. The summed E-state index contributed by atoms with van der Waals surface area (Å²) in [4.78, 5) is 9.54. The van der Waals surface area contributed by atoms with E-state index < -0.39 is 0 Å². The van der Waals surface area contributed by atoms with Gasteiger partial charge in [0.15, 0.2) is 0 Å². The van der Waals surface area contributed by atoms with Crippen molar-refractivity contribution in [1.29, 1.82) is 0 Å². The van der Waals surface area contributed by atoms with Gasteiger partial charge in [0.1, 0.15) is 12.3 Å². The minimum atomic E-state index is -0.226. The van der Waals surface area contributed by atoms with Gasteiger partial charge in [-0.1, -0.05) is 97.1 Å². The second kappa shape index (κ2) is 10.1. The van der Waals surface area contributed by atoms with Crippen LogP contribution in [0.4, 0.5) is 0 Å². The van der Waals surface area contributed by atoms with Crippen LogP contribution in [-0.2, 0) is 4.74 Å². The van der Waals surface area contributed by atoms with Gasteiger partial charge >= 0.3 is 0 Å². The number of aliphatic imine (C=N–C) groups is 1. The molecule has 0 radical (unpaired) electrons. The molecule has 4 heteroatoms. The first kappa shape index (κ1) is 26.6. The van der Waals surface area contributed by atoms with Gasteiger partial charge in [0, 0.05) is 28.2 Å². The molecule has 0 unspecified atom stereocenters. The van der Waals surface area contributed by atoms with Gasteiger partial charge in [0.05, 0.1) is 16.6 Å². The lowest BCUT2D eigenvalue weighted by Crippen LogP contribution is -2.17. The molecule has 0 atom stereocenters. The summed E-state index contributed by atoms with van der Waals surface area (Å²) in [7, 11) is 0. The average molecular weight is 594 g/mol. The van der Waals surface area contributed by atoms with Gasteiger partial charge in [-0.25, -0.2) is 4.99 Å². The number of fused-ring (bicyclic) bond motifs is 6. The lowest BCUT2D eigenvalue weighted by Gasteiger charge is -2.12. The first-order valence-corrected chi connectivity index (χ1v) is 15.8. The fraction of sp³-hybridized carbons (Fsp3) is 0.0952. The number of rotatable bonds is 4. The third-order valence-corrected chi connectivity index (χ3v) is 9.13. The molecule has 220 valence electrons. The molecule has 0 amide bonds. The highest BCUT2D eigenvalue weighted by atomic mass is 16.5. The second-order valence-corrected chi connectivity index (χ2v) is 12.8. The Labute approximate surface area is 267 Å². The predicted molar refractivity (Wildman–Crippen MR) is 191 cm³/mol. The molecule has 2 aromatic heterocycles. The van der Waals surface area contributed by atoms with Gasteiger partial charge in [0.2, 0.25) is 5.90 Å². The zero-order valence-electron chi connectivity index (χ0n) is 25.7. The van der Waals surface area contributed by atoms with E-state index in [1.165, 1.54) is 54.5 Å². The summed E-state index contributed by atoms with van der Waals surface area (Å²) in [6.07, 6.45) is 1.95. The molecule has 3 heterocycles. The Hall–Kier alpha value is -5.74. The Kier molecular flexibility index (Phi) is 5.88. The summed E-state index contributed by atoms with van der Waals surface area (Å²) in [5, 5.41) is 7.41. The van der Waals surface area contributed by atoms with Crippen molar-refractivity contribution < 1.29 is 4.74 Å². The molecular weight excluding hydrogens is 562 g/mol. The van der Waals surface area contributed by atoms with Crippen molar-refractivity contribution in [2.75, 3.05) is 6.61 Å². The van der Waals surface area contributed by atoms with Crippen LogP contribution in [0.3, 0.4) is 0 Å². The van der Waals surface area contributed by atoms with Gasteiger partial charge in [0.25, 0.3) is 0 Å². The minimum Gasteiger partial charge on any atom is -0.474 e. The van der Waals surface area contributed by atoms with E-state index in [4.69, 9.17) is 14.7 Å². The van der Waals surface area contributed by atoms with Crippen LogP contribution in [0.15, 0.2) is 145 Å². The number of hydrogen-bond donors (Lipinski definition) is 0. The Morgan fingerprint density at radius 1 is 0.609 bits per heavy atom. The molecule has 6 aromatic carbocycles. The molecule has 0 saturated carbocycles. The van der Waals surface area contributed by atoms with E-state index in [9.17, 15) is 0 Å². The number of benzene rings is 6. The van der Waals surface area contributed by atoms with E-state index in [0.29, 0.717) is 12.5 Å². The Morgan fingerprint density at radius 2 is 1.33 bits per heavy atom. The van der Waals surface area contributed by atoms with Gasteiger partial charge in [-0.3, -0.25) is 4.98 Å². The highest BCUT2D eigenvalue weighted by Gasteiger charge is 2.28. The number of pyridine rings is 1. The lowest BCUT2D eigenvalue weighted by molar-refractivity contribution is 0.279. The standard InChI is InChI=1S/C42H31N3O/c1-42(2)26-46-41(44-42)37-21-19-31(25-43-37)36-24-39-40(34-15-9-8-14-33(34)36)35-20-18-30(23-38(35)45(39)32-12-4-3-5-13-32)29-17-16-27-10-6-7-11-28(27)22-29/h3-25H,26H2,1-2H3. The third-order valence-electron chi connectivity index (χ3n) is 9.13. The molecule has 0 spiro atoms. The summed E-state index contributed by atoms with van der Waals surface area (Å²) in [6, 6.07) is 48.1. The minimum absolute atomic E-state index is 0.226. The maximum atomic E-state index is 5.87. The van der Waals surface area contributed by atoms with Gasteiger partial charge < -0.3 is 9.30 Å². The lowest BCUT2D eigenvalue weighted by atomic mass is 9.95. The van der Waals surface area contributed by atoms with Crippen molar-refractivity contribution in [3.8, 4) is 27.9 Å². The van der Waals surface area contributed by atoms with Crippen molar-refractivity contribution in [2.45, 2.75) is 19.4 Å². The van der Waals surface area contributed by atoms with Crippen LogP contribution in [0.5, 0.6) is 0 Å². The van der Waals surface area contributed by atoms with Crippen LogP contribution in [0.25, 0.3) is 71.3 Å². The number of aromatic nitrogens is 2. The maximum absolute atomic E-state index is 5.87. The van der Waals surface area contributed by atoms with Crippen LogP contribution in [0, 0.1) is 0 Å². The van der Waals surface area contributed by atoms with Gasteiger partial charge in [-0.2, -0.15) is 0 Å². The quantitative estimate of drug-likeness (QED) is 0.204. The molecule has 4 nitrogen and oxygen atoms in total. The fourth-order valence-corrected chi connectivity index (χ4v) is 6.92. The maximum Gasteiger partial charge on any atom is 0.236 e. The monoisotopic (exact) mass is 593 g/mol. The van der Waals surface area contributed by atoms with Crippen LogP contribution in [0.2, 0.25) is 0 Å². The topological polar surface area (TPSA) is 39.4 Å². The first-order chi connectivity index (χ1) is 22.5. The summed E-state index contributed by atoms with van der Waals surface area (Å²) in [6.45, 7) is 4.72. The number of para-hydroxylation sites is 1. The van der Waals surface area contributed by atoms with E-state index in [1.54, 1.807) is 0 Å². The van der Waals surface area contributed by atoms with E-state index >= 15 is 0 Å². The van der Waals surface area contributed by atoms with Crippen molar-refractivity contribution in [3.05, 3.63) is 145 Å². The summed E-state index contributed by atoms with van der Waals surface area (Å²) >= 11 is 0. The van der Waals surface area contributed by atoms with E-state index in [-0.39, 0.29) is 5.54 Å². The molecule has 1 aliphatic heterocycles. The summed E-state index contributed by atoms with van der Waals surface area (Å²) in [5.41, 5.74) is 8.63. The smallest absolute Gasteiger partial charge is 0.236 e.